The second-order valence-corrected chi connectivity index (χ2v) is 12.6. The first kappa shape index (κ1) is 22.0. The van der Waals surface area contributed by atoms with E-state index in [2.05, 4.69) is 28.6 Å². The third-order valence-electron chi connectivity index (χ3n) is 5.93. The van der Waals surface area contributed by atoms with Crippen LogP contribution in [0.5, 0.6) is 0 Å². The van der Waals surface area contributed by atoms with Crippen molar-refractivity contribution in [2.24, 2.45) is 4.99 Å². The van der Waals surface area contributed by atoms with E-state index in [-0.39, 0.29) is 29.3 Å². The van der Waals surface area contributed by atoms with Crippen molar-refractivity contribution in [2.45, 2.75) is 35.2 Å². The van der Waals surface area contributed by atoms with Gasteiger partial charge in [0.2, 0.25) is 10.0 Å². The number of aliphatic hydroxyl groups excluding tert-OH is 1. The maximum absolute atomic E-state index is 12.9. The van der Waals surface area contributed by atoms with Crippen molar-refractivity contribution in [3.05, 3.63) is 30.3 Å². The highest BCUT2D eigenvalue weighted by Crippen LogP contribution is 2.34. The zero-order valence-electron chi connectivity index (χ0n) is 17.4. The fourth-order valence-electron chi connectivity index (χ4n) is 4.14. The quantitative estimate of drug-likeness (QED) is 0.675. The minimum atomic E-state index is -3.75. The van der Waals surface area contributed by atoms with E-state index in [1.54, 1.807) is 30.0 Å². The fraction of sp³-hybridized carbons (Fsp3) is 0.650. The number of β-amino-alcohol motifs (C(OH)–C–C–N with tert-alkyl or cyclic N) is 2. The number of amidine groups is 1. The second kappa shape index (κ2) is 8.07. The molecule has 0 spiro atoms. The highest BCUT2D eigenvalue weighted by atomic mass is 32.2. The van der Waals surface area contributed by atoms with Gasteiger partial charge in [0.15, 0.2) is 5.17 Å². The van der Waals surface area contributed by atoms with Crippen LogP contribution >= 0.6 is 11.8 Å². The summed E-state index contributed by atoms with van der Waals surface area (Å²) in [6.45, 7) is 8.33. The summed E-state index contributed by atoms with van der Waals surface area (Å²) in [4.78, 5) is 9.21. The van der Waals surface area contributed by atoms with Gasteiger partial charge < -0.3 is 15.1 Å². The molecule has 2 fully saturated rings. The van der Waals surface area contributed by atoms with Crippen molar-refractivity contribution in [3.63, 3.8) is 0 Å². The van der Waals surface area contributed by atoms with E-state index in [1.807, 2.05) is 0 Å². The third-order valence-corrected chi connectivity index (χ3v) is 9.01. The molecule has 3 aliphatic rings. The van der Waals surface area contributed by atoms with Crippen LogP contribution in [0.1, 0.15) is 13.8 Å². The van der Waals surface area contributed by atoms with Gasteiger partial charge in [-0.1, -0.05) is 30.0 Å². The Morgan fingerprint density at radius 3 is 2.43 bits per heavy atom. The predicted octanol–water partition coefficient (Wildman–Crippen LogP) is 0.282. The van der Waals surface area contributed by atoms with Crippen LogP contribution in [0.2, 0.25) is 0 Å². The summed E-state index contributed by atoms with van der Waals surface area (Å²) in [6.07, 6.45) is -1.12. The smallest absolute Gasteiger partial charge is 0.243 e. The zero-order chi connectivity index (χ0) is 21.6. The maximum Gasteiger partial charge on any atom is 0.243 e. The third kappa shape index (κ3) is 4.39. The van der Waals surface area contributed by atoms with Gasteiger partial charge in [-0.15, -0.1) is 0 Å². The summed E-state index contributed by atoms with van der Waals surface area (Å²) in [5.41, 5.74) is -1.48. The van der Waals surface area contributed by atoms with E-state index < -0.39 is 21.7 Å². The maximum atomic E-state index is 12.9. The summed E-state index contributed by atoms with van der Waals surface area (Å²) in [5.74, 6) is 0. The first-order valence-corrected chi connectivity index (χ1v) is 12.5. The number of piperazine rings is 1. The fourth-order valence-corrected chi connectivity index (χ4v) is 6.73. The lowest BCUT2D eigenvalue weighted by molar-refractivity contribution is -0.0646. The summed E-state index contributed by atoms with van der Waals surface area (Å²) in [7, 11) is -3.75. The molecule has 0 aromatic heterocycles. The lowest BCUT2D eigenvalue weighted by Gasteiger charge is -2.39. The Hall–Kier alpha value is -1.17. The second-order valence-electron chi connectivity index (χ2n) is 8.95. The number of sulfonamides is 1. The molecule has 0 aliphatic carbocycles. The van der Waals surface area contributed by atoms with Crippen LogP contribution in [0.15, 0.2) is 40.2 Å². The molecule has 8 nitrogen and oxygen atoms in total. The monoisotopic (exact) mass is 454 g/mol. The molecule has 1 aromatic rings. The van der Waals surface area contributed by atoms with Gasteiger partial charge in [-0.05, 0) is 26.0 Å². The Bertz CT molecular complexity index is 901. The van der Waals surface area contributed by atoms with Gasteiger partial charge in [-0.25, -0.2) is 8.42 Å². The standard InChI is InChI=1S/C20H30N4O4S2/c1-19(2)13-21-18(29-19)23-10-8-22(9-11-23)14-20(26)15-24(12-17(20)25)30(27,28)16-6-4-3-5-7-16/h3-7,17,25-26H,8-15H2,1-2H3/t17-,20+/m1/s1. The molecule has 4 rings (SSSR count). The minimum absolute atomic E-state index is 0.101. The SMILES string of the molecule is CC1(C)CN=C(N2CCN(C[C@]3(O)CN(S(=O)(=O)c4ccccc4)C[C@H]3O)CC2)S1. The van der Waals surface area contributed by atoms with Crippen molar-refractivity contribution in [2.75, 3.05) is 52.4 Å². The molecule has 1 aromatic carbocycles. The highest BCUT2D eigenvalue weighted by molar-refractivity contribution is 8.15. The van der Waals surface area contributed by atoms with E-state index in [0.29, 0.717) is 0 Å². The van der Waals surface area contributed by atoms with Gasteiger partial charge in [-0.2, -0.15) is 4.31 Å². The molecule has 0 saturated carbocycles. The molecule has 2 saturated heterocycles. The van der Waals surface area contributed by atoms with Crippen molar-refractivity contribution >= 4 is 27.0 Å². The molecule has 2 N–H and O–H groups in total. The van der Waals surface area contributed by atoms with Crippen molar-refractivity contribution < 1.29 is 18.6 Å². The van der Waals surface area contributed by atoms with Gasteiger partial charge >= 0.3 is 0 Å². The van der Waals surface area contributed by atoms with Gasteiger partial charge in [0.25, 0.3) is 0 Å². The number of aliphatic imine (C=N–C) groups is 1. The van der Waals surface area contributed by atoms with Gasteiger partial charge in [0.05, 0.1) is 17.5 Å². The Labute approximate surface area is 182 Å². The van der Waals surface area contributed by atoms with E-state index in [0.717, 1.165) is 37.9 Å². The summed E-state index contributed by atoms with van der Waals surface area (Å²) < 4.78 is 27.1. The average molecular weight is 455 g/mol. The van der Waals surface area contributed by atoms with Crippen molar-refractivity contribution in [3.8, 4) is 0 Å². The lowest BCUT2D eigenvalue weighted by Crippen LogP contribution is -2.56. The zero-order valence-corrected chi connectivity index (χ0v) is 19.1. The normalized spacial score (nSPS) is 30.6. The molecule has 0 bridgehead atoms. The molecule has 30 heavy (non-hydrogen) atoms. The Kier molecular flexibility index (Phi) is 5.93. The molecule has 2 atom stereocenters. The molecule has 3 aliphatic heterocycles. The van der Waals surface area contributed by atoms with Crippen LogP contribution in [0.25, 0.3) is 0 Å². The molecular weight excluding hydrogens is 424 g/mol. The van der Waals surface area contributed by atoms with Crippen molar-refractivity contribution in [1.29, 1.82) is 0 Å². The lowest BCUT2D eigenvalue weighted by atomic mass is 9.99. The van der Waals surface area contributed by atoms with E-state index >= 15 is 0 Å². The van der Waals surface area contributed by atoms with Gasteiger partial charge in [-0.3, -0.25) is 9.89 Å². The van der Waals surface area contributed by atoms with E-state index in [1.165, 1.54) is 16.4 Å². The largest absolute Gasteiger partial charge is 0.389 e. The van der Waals surface area contributed by atoms with Gasteiger partial charge in [0, 0.05) is 50.6 Å². The number of aliphatic hydroxyl groups is 2. The molecular formula is C20H30N4O4S2. The number of hydrogen-bond acceptors (Lipinski definition) is 8. The molecule has 10 heteroatoms. The van der Waals surface area contributed by atoms with Crippen LogP contribution in [-0.2, 0) is 10.0 Å². The number of nitrogens with zero attached hydrogens (tertiary/aromatic N) is 4. The van der Waals surface area contributed by atoms with Crippen LogP contribution in [0.3, 0.4) is 0 Å². The first-order valence-electron chi connectivity index (χ1n) is 10.3. The van der Waals surface area contributed by atoms with Crippen LogP contribution in [0, 0.1) is 0 Å². The Morgan fingerprint density at radius 2 is 1.83 bits per heavy atom. The van der Waals surface area contributed by atoms with Crippen LogP contribution in [0.4, 0.5) is 0 Å². The topological polar surface area (TPSA) is 96.7 Å². The summed E-state index contributed by atoms with van der Waals surface area (Å²) in [5, 5.41) is 22.7. The molecule has 3 heterocycles. The Morgan fingerprint density at radius 1 is 1.17 bits per heavy atom. The van der Waals surface area contributed by atoms with Crippen LogP contribution in [-0.4, -0.2) is 107 Å². The predicted molar refractivity (Wildman–Crippen MR) is 118 cm³/mol. The van der Waals surface area contributed by atoms with E-state index in [9.17, 15) is 18.6 Å². The number of hydrogen-bond donors (Lipinski definition) is 2. The number of thioether (sulfide) groups is 1. The first-order chi connectivity index (χ1) is 14.1. The number of rotatable bonds is 4. The summed E-state index contributed by atoms with van der Waals surface area (Å²) in [6, 6.07) is 8.15. The highest BCUT2D eigenvalue weighted by Gasteiger charge is 2.49. The molecule has 0 amide bonds. The Balaban J connectivity index is 1.36. The average Bonchev–Trinajstić information content (AvgIpc) is 3.22. The van der Waals surface area contributed by atoms with Crippen molar-refractivity contribution in [1.82, 2.24) is 14.1 Å². The van der Waals surface area contributed by atoms with Crippen LogP contribution < -0.4 is 0 Å². The minimum Gasteiger partial charge on any atom is -0.389 e. The molecule has 0 radical (unpaired) electrons. The van der Waals surface area contributed by atoms with E-state index in [4.69, 9.17) is 0 Å². The summed E-state index contributed by atoms with van der Waals surface area (Å²) >= 11 is 1.80. The molecule has 0 unspecified atom stereocenters. The number of benzene rings is 1. The van der Waals surface area contributed by atoms with Gasteiger partial charge in [0.1, 0.15) is 5.60 Å². The molecule has 166 valence electrons.